The minimum Gasteiger partial charge on any atom is -0.390 e. The zero-order valence-corrected chi connectivity index (χ0v) is 16.7. The molecule has 2 heterocycles. The van der Waals surface area contributed by atoms with E-state index in [9.17, 15) is 9.90 Å². The summed E-state index contributed by atoms with van der Waals surface area (Å²) in [5.41, 5.74) is 1.24. The molecule has 0 spiro atoms. The highest BCUT2D eigenvalue weighted by Gasteiger charge is 2.31. The molecule has 3 unspecified atom stereocenters. The summed E-state index contributed by atoms with van der Waals surface area (Å²) in [6, 6.07) is 3.92. The number of hydrogen-bond donors (Lipinski definition) is 1. The molecule has 1 aliphatic heterocycles. The number of likely N-dealkylation sites (tertiary alicyclic amines) is 1. The predicted molar refractivity (Wildman–Crippen MR) is 109 cm³/mol. The van der Waals surface area contributed by atoms with E-state index < -0.39 is 6.10 Å². The molecular weight excluding hydrogens is 336 g/mol. The lowest BCUT2D eigenvalue weighted by atomic mass is 9.75. The van der Waals surface area contributed by atoms with Crippen molar-refractivity contribution in [2.24, 2.45) is 11.8 Å². The Labute approximate surface area is 163 Å². The van der Waals surface area contributed by atoms with Crippen molar-refractivity contribution in [2.45, 2.75) is 82.8 Å². The molecule has 27 heavy (non-hydrogen) atoms. The van der Waals surface area contributed by atoms with Gasteiger partial charge in [-0.25, -0.2) is 0 Å². The Bertz CT molecular complexity index is 665. The second-order valence-corrected chi connectivity index (χ2v) is 9.29. The molecule has 4 rings (SSSR count). The van der Waals surface area contributed by atoms with E-state index in [4.69, 9.17) is 0 Å². The summed E-state index contributed by atoms with van der Waals surface area (Å²) in [6.45, 7) is 3.35. The topological polar surface area (TPSA) is 45.5 Å². The van der Waals surface area contributed by atoms with Crippen molar-refractivity contribution in [3.8, 4) is 0 Å². The van der Waals surface area contributed by atoms with Crippen LogP contribution in [-0.2, 0) is 6.54 Å². The van der Waals surface area contributed by atoms with E-state index >= 15 is 0 Å². The van der Waals surface area contributed by atoms with Crippen molar-refractivity contribution >= 4 is 0 Å². The van der Waals surface area contributed by atoms with Crippen LogP contribution in [0.2, 0.25) is 0 Å². The number of β-amino-alcohol motifs (C(OH)–C–C–N with tert-alkyl or cyclic N) is 1. The molecule has 1 saturated heterocycles. The highest BCUT2D eigenvalue weighted by Crippen LogP contribution is 2.36. The van der Waals surface area contributed by atoms with Gasteiger partial charge in [0.1, 0.15) is 0 Å². The molecule has 4 nitrogen and oxygen atoms in total. The van der Waals surface area contributed by atoms with Gasteiger partial charge in [-0.15, -0.1) is 0 Å². The number of piperidine rings is 1. The summed E-state index contributed by atoms with van der Waals surface area (Å²) in [5.74, 6) is 2.31. The lowest BCUT2D eigenvalue weighted by Gasteiger charge is -2.41. The molecule has 2 saturated carbocycles. The number of aliphatic hydroxyl groups excluding tert-OH is 1. The van der Waals surface area contributed by atoms with Gasteiger partial charge in [0.2, 0.25) is 0 Å². The molecule has 3 fully saturated rings. The highest BCUT2D eigenvalue weighted by atomic mass is 16.3. The zero-order chi connectivity index (χ0) is 18.6. The van der Waals surface area contributed by atoms with Crippen LogP contribution in [0.4, 0.5) is 0 Å². The molecule has 0 amide bonds. The normalized spacial score (nSPS) is 28.6. The molecule has 3 atom stereocenters. The number of nitrogens with zero attached hydrogens (tertiary/aromatic N) is 2. The third kappa shape index (κ3) is 4.83. The summed E-state index contributed by atoms with van der Waals surface area (Å²) >= 11 is 0. The van der Waals surface area contributed by atoms with Gasteiger partial charge in [-0.3, -0.25) is 4.79 Å². The molecule has 2 aliphatic carbocycles. The average molecular weight is 373 g/mol. The Balaban J connectivity index is 1.31. The third-order valence-electron chi connectivity index (χ3n) is 7.35. The Morgan fingerprint density at radius 3 is 2.48 bits per heavy atom. The van der Waals surface area contributed by atoms with Gasteiger partial charge < -0.3 is 14.6 Å². The van der Waals surface area contributed by atoms with Gasteiger partial charge >= 0.3 is 0 Å². The summed E-state index contributed by atoms with van der Waals surface area (Å²) in [4.78, 5) is 15.0. The van der Waals surface area contributed by atoms with E-state index in [1.54, 1.807) is 4.57 Å². The van der Waals surface area contributed by atoms with Crippen LogP contribution in [-0.4, -0.2) is 40.3 Å². The largest absolute Gasteiger partial charge is 0.390 e. The third-order valence-corrected chi connectivity index (χ3v) is 7.35. The first-order chi connectivity index (χ1) is 13.2. The standard InChI is InChI=1S/C23H36N2O2/c26-22(16-24-12-10-19-8-4-5-9-21(19)15-24)17-25-13-11-20(14-23(25)27)18-6-2-1-3-7-18/h11,13-14,18-19,21-22,26H,1-10,12,15-17H2. The van der Waals surface area contributed by atoms with Crippen molar-refractivity contribution in [2.75, 3.05) is 19.6 Å². The number of pyridine rings is 1. The fraction of sp³-hybridized carbons (Fsp3) is 0.783. The van der Waals surface area contributed by atoms with Crippen LogP contribution in [0, 0.1) is 11.8 Å². The second kappa shape index (κ2) is 8.91. The van der Waals surface area contributed by atoms with Gasteiger partial charge in [-0.05, 0) is 61.6 Å². The van der Waals surface area contributed by atoms with E-state index in [-0.39, 0.29) is 5.56 Å². The first kappa shape index (κ1) is 19.2. The summed E-state index contributed by atoms with van der Waals surface area (Å²) in [6.07, 6.45) is 14.6. The highest BCUT2D eigenvalue weighted by molar-refractivity contribution is 5.17. The zero-order valence-electron chi connectivity index (χ0n) is 16.7. The first-order valence-electron chi connectivity index (χ1n) is 11.3. The van der Waals surface area contributed by atoms with Crippen LogP contribution in [0.25, 0.3) is 0 Å². The number of hydrogen-bond acceptors (Lipinski definition) is 3. The quantitative estimate of drug-likeness (QED) is 0.856. The fourth-order valence-electron chi connectivity index (χ4n) is 5.79. The van der Waals surface area contributed by atoms with Crippen LogP contribution in [0.5, 0.6) is 0 Å². The molecule has 1 N–H and O–H groups in total. The summed E-state index contributed by atoms with van der Waals surface area (Å²) in [7, 11) is 0. The van der Waals surface area contributed by atoms with Gasteiger partial charge in [0.05, 0.1) is 12.6 Å². The molecular formula is C23H36N2O2. The van der Waals surface area contributed by atoms with Crippen LogP contribution >= 0.6 is 0 Å². The van der Waals surface area contributed by atoms with Gasteiger partial charge in [0, 0.05) is 25.4 Å². The average Bonchev–Trinajstić information content (AvgIpc) is 2.70. The van der Waals surface area contributed by atoms with Gasteiger partial charge in [-0.2, -0.15) is 0 Å². The van der Waals surface area contributed by atoms with Crippen molar-refractivity contribution in [3.05, 3.63) is 34.2 Å². The molecule has 1 aromatic heterocycles. The SMILES string of the molecule is O=c1cc(C2CCCCC2)ccn1CC(O)CN1CCC2CCCCC2C1. The second-order valence-electron chi connectivity index (χ2n) is 9.29. The molecule has 4 heteroatoms. The summed E-state index contributed by atoms with van der Waals surface area (Å²) in [5, 5.41) is 10.6. The van der Waals surface area contributed by atoms with E-state index in [0.29, 0.717) is 19.0 Å². The number of fused-ring (bicyclic) bond motifs is 1. The van der Waals surface area contributed by atoms with E-state index in [1.165, 1.54) is 69.8 Å². The molecule has 0 radical (unpaired) electrons. The van der Waals surface area contributed by atoms with Gasteiger partial charge in [0.25, 0.3) is 5.56 Å². The van der Waals surface area contributed by atoms with Crippen LogP contribution in [0.1, 0.15) is 75.7 Å². The predicted octanol–water partition coefficient (Wildman–Crippen LogP) is 3.77. The molecule has 0 aromatic carbocycles. The number of rotatable bonds is 5. The van der Waals surface area contributed by atoms with Crippen molar-refractivity contribution < 1.29 is 5.11 Å². The maximum absolute atomic E-state index is 12.5. The fourth-order valence-corrected chi connectivity index (χ4v) is 5.79. The van der Waals surface area contributed by atoms with Gasteiger partial charge in [-0.1, -0.05) is 38.5 Å². The first-order valence-corrected chi connectivity index (χ1v) is 11.3. The molecule has 1 aromatic rings. The lowest BCUT2D eigenvalue weighted by Crippen LogP contribution is -2.45. The molecule has 150 valence electrons. The Morgan fingerprint density at radius 2 is 1.70 bits per heavy atom. The van der Waals surface area contributed by atoms with Crippen molar-refractivity contribution in [3.63, 3.8) is 0 Å². The summed E-state index contributed by atoms with van der Waals surface area (Å²) < 4.78 is 1.70. The van der Waals surface area contributed by atoms with Gasteiger partial charge in [0.15, 0.2) is 0 Å². The van der Waals surface area contributed by atoms with E-state index in [2.05, 4.69) is 11.0 Å². The Hall–Kier alpha value is -1.13. The maximum Gasteiger partial charge on any atom is 0.250 e. The van der Waals surface area contributed by atoms with Crippen LogP contribution < -0.4 is 5.56 Å². The smallest absolute Gasteiger partial charge is 0.250 e. The van der Waals surface area contributed by atoms with Crippen molar-refractivity contribution in [1.82, 2.24) is 9.47 Å². The van der Waals surface area contributed by atoms with Crippen molar-refractivity contribution in [1.29, 1.82) is 0 Å². The van der Waals surface area contributed by atoms with E-state index in [0.717, 1.165) is 24.9 Å². The number of aromatic nitrogens is 1. The monoisotopic (exact) mass is 372 g/mol. The Morgan fingerprint density at radius 1 is 0.963 bits per heavy atom. The minimum absolute atomic E-state index is 0.0445. The Kier molecular flexibility index (Phi) is 6.34. The van der Waals surface area contributed by atoms with Crippen LogP contribution in [0.15, 0.2) is 23.1 Å². The lowest BCUT2D eigenvalue weighted by molar-refractivity contribution is 0.0403. The van der Waals surface area contributed by atoms with Crippen LogP contribution in [0.3, 0.4) is 0 Å². The number of aliphatic hydroxyl groups is 1. The maximum atomic E-state index is 12.5. The molecule has 0 bridgehead atoms. The molecule has 3 aliphatic rings. The minimum atomic E-state index is -0.469. The van der Waals surface area contributed by atoms with E-state index in [1.807, 2.05) is 12.3 Å².